The number of Topliss-reactive ketones (excluding diaryl/α,β-unsaturated/α-hetero) is 1. The minimum absolute atomic E-state index is 0.00259. The van der Waals surface area contributed by atoms with Gasteiger partial charge in [0.2, 0.25) is 0 Å². The van der Waals surface area contributed by atoms with Crippen LogP contribution in [0.15, 0.2) is 24.3 Å². The molecule has 3 heteroatoms. The van der Waals surface area contributed by atoms with Gasteiger partial charge in [-0.15, -0.1) is 0 Å². The quantitative estimate of drug-likeness (QED) is 0.820. The number of carbonyl (C=O) groups is 1. The minimum atomic E-state index is -0.656. The van der Waals surface area contributed by atoms with Crippen molar-refractivity contribution in [2.45, 2.75) is 25.7 Å². The Morgan fingerprint density at radius 1 is 1.56 bits per heavy atom. The number of hydrogen-bond acceptors (Lipinski definition) is 3. The molecule has 0 radical (unpaired) electrons. The van der Waals surface area contributed by atoms with E-state index in [0.717, 1.165) is 30.6 Å². The molecule has 1 fully saturated rings. The first-order chi connectivity index (χ1) is 8.72. The zero-order valence-electron chi connectivity index (χ0n) is 10.6. The maximum Gasteiger partial charge on any atom is 0.159 e. The lowest BCUT2D eigenvalue weighted by molar-refractivity contribution is -0.127. The van der Waals surface area contributed by atoms with Crippen LogP contribution in [0.3, 0.4) is 0 Å². The number of nitriles is 1. The van der Waals surface area contributed by atoms with Gasteiger partial charge in [0.1, 0.15) is 5.92 Å². The lowest BCUT2D eigenvalue weighted by atomic mass is 9.85. The lowest BCUT2D eigenvalue weighted by Gasteiger charge is -2.23. The molecule has 0 aliphatic carbocycles. The van der Waals surface area contributed by atoms with Crippen LogP contribution in [0, 0.1) is 24.2 Å². The largest absolute Gasteiger partial charge is 0.381 e. The van der Waals surface area contributed by atoms with Crippen LogP contribution in [0.5, 0.6) is 0 Å². The fourth-order valence-corrected chi connectivity index (χ4v) is 2.35. The standard InChI is InChI=1S/C15H17NO2/c1-11-4-2-5-12(8-11)14(9-16)15(17)13-6-3-7-18-10-13/h2,4-5,8,13-14H,3,6-7,10H2,1H3. The van der Waals surface area contributed by atoms with Gasteiger partial charge in [-0.2, -0.15) is 5.26 Å². The monoisotopic (exact) mass is 243 g/mol. The van der Waals surface area contributed by atoms with Crippen LogP contribution in [0.25, 0.3) is 0 Å². The second-order valence-corrected chi connectivity index (χ2v) is 4.79. The van der Waals surface area contributed by atoms with E-state index in [9.17, 15) is 10.1 Å². The maximum absolute atomic E-state index is 12.3. The highest BCUT2D eigenvalue weighted by atomic mass is 16.5. The van der Waals surface area contributed by atoms with Crippen molar-refractivity contribution in [3.05, 3.63) is 35.4 Å². The van der Waals surface area contributed by atoms with Gasteiger partial charge >= 0.3 is 0 Å². The first-order valence-electron chi connectivity index (χ1n) is 6.30. The molecule has 2 atom stereocenters. The Hall–Kier alpha value is -1.66. The minimum Gasteiger partial charge on any atom is -0.381 e. The number of rotatable bonds is 3. The normalized spacial score (nSPS) is 21.0. The predicted molar refractivity (Wildman–Crippen MR) is 68.1 cm³/mol. The van der Waals surface area contributed by atoms with Crippen molar-refractivity contribution in [3.8, 4) is 6.07 Å². The van der Waals surface area contributed by atoms with E-state index in [4.69, 9.17) is 4.74 Å². The molecular weight excluding hydrogens is 226 g/mol. The Kier molecular flexibility index (Phi) is 4.11. The van der Waals surface area contributed by atoms with Gasteiger partial charge in [-0.05, 0) is 25.3 Å². The Labute approximate surface area is 107 Å². The molecule has 18 heavy (non-hydrogen) atoms. The summed E-state index contributed by atoms with van der Waals surface area (Å²) in [5.41, 5.74) is 1.87. The summed E-state index contributed by atoms with van der Waals surface area (Å²) in [5.74, 6) is -0.775. The van der Waals surface area contributed by atoms with E-state index in [-0.39, 0.29) is 11.7 Å². The van der Waals surface area contributed by atoms with Crippen molar-refractivity contribution in [2.24, 2.45) is 5.92 Å². The summed E-state index contributed by atoms with van der Waals surface area (Å²) in [4.78, 5) is 12.3. The van der Waals surface area contributed by atoms with Crippen molar-refractivity contribution in [3.63, 3.8) is 0 Å². The summed E-state index contributed by atoms with van der Waals surface area (Å²) < 4.78 is 5.33. The smallest absolute Gasteiger partial charge is 0.159 e. The van der Waals surface area contributed by atoms with E-state index < -0.39 is 5.92 Å². The highest BCUT2D eigenvalue weighted by Crippen LogP contribution is 2.25. The van der Waals surface area contributed by atoms with E-state index in [1.165, 1.54) is 0 Å². The van der Waals surface area contributed by atoms with Gasteiger partial charge < -0.3 is 4.74 Å². The summed E-state index contributed by atoms with van der Waals surface area (Å²) in [5, 5.41) is 9.26. The number of carbonyl (C=O) groups excluding carboxylic acids is 1. The first-order valence-corrected chi connectivity index (χ1v) is 6.30. The molecule has 0 bridgehead atoms. The van der Waals surface area contributed by atoms with Crippen LogP contribution in [0.1, 0.15) is 29.9 Å². The molecule has 1 saturated heterocycles. The number of benzene rings is 1. The topological polar surface area (TPSA) is 50.1 Å². The van der Waals surface area contributed by atoms with E-state index in [1.54, 1.807) is 0 Å². The van der Waals surface area contributed by atoms with Crippen LogP contribution >= 0.6 is 0 Å². The van der Waals surface area contributed by atoms with Crippen molar-refractivity contribution >= 4 is 5.78 Å². The Bertz CT molecular complexity index is 470. The molecule has 0 spiro atoms. The van der Waals surface area contributed by atoms with Gasteiger partial charge in [0.05, 0.1) is 12.7 Å². The zero-order chi connectivity index (χ0) is 13.0. The second kappa shape index (κ2) is 5.79. The van der Waals surface area contributed by atoms with Crippen molar-refractivity contribution in [2.75, 3.05) is 13.2 Å². The van der Waals surface area contributed by atoms with Crippen molar-refractivity contribution in [1.82, 2.24) is 0 Å². The van der Waals surface area contributed by atoms with Crippen LogP contribution in [-0.2, 0) is 9.53 Å². The molecule has 1 heterocycles. The van der Waals surface area contributed by atoms with Crippen LogP contribution in [0.2, 0.25) is 0 Å². The Morgan fingerprint density at radius 3 is 3.00 bits per heavy atom. The zero-order valence-corrected chi connectivity index (χ0v) is 10.6. The second-order valence-electron chi connectivity index (χ2n) is 4.79. The SMILES string of the molecule is Cc1cccc(C(C#N)C(=O)C2CCCOC2)c1. The van der Waals surface area contributed by atoms with Gasteiger partial charge in [-0.25, -0.2) is 0 Å². The fraction of sp³-hybridized carbons (Fsp3) is 0.467. The summed E-state index contributed by atoms with van der Waals surface area (Å²) in [6.45, 7) is 3.15. The molecule has 2 unspecified atom stereocenters. The molecule has 94 valence electrons. The number of nitrogens with zero attached hydrogens (tertiary/aromatic N) is 1. The van der Waals surface area contributed by atoms with Crippen LogP contribution in [-0.4, -0.2) is 19.0 Å². The van der Waals surface area contributed by atoms with Gasteiger partial charge in [0, 0.05) is 12.5 Å². The van der Waals surface area contributed by atoms with Crippen molar-refractivity contribution < 1.29 is 9.53 Å². The Balaban J connectivity index is 2.18. The molecule has 2 rings (SSSR count). The van der Waals surface area contributed by atoms with Gasteiger partial charge in [0.15, 0.2) is 5.78 Å². The van der Waals surface area contributed by atoms with Gasteiger partial charge in [-0.3, -0.25) is 4.79 Å². The summed E-state index contributed by atoms with van der Waals surface area (Å²) in [7, 11) is 0. The average molecular weight is 243 g/mol. The van der Waals surface area contributed by atoms with Gasteiger partial charge in [0.25, 0.3) is 0 Å². The van der Waals surface area contributed by atoms with Crippen LogP contribution in [0.4, 0.5) is 0 Å². The van der Waals surface area contributed by atoms with Gasteiger partial charge in [-0.1, -0.05) is 29.8 Å². The third-order valence-electron chi connectivity index (χ3n) is 3.35. The number of ketones is 1. The van der Waals surface area contributed by atoms with Crippen molar-refractivity contribution in [1.29, 1.82) is 5.26 Å². The molecule has 1 aliphatic rings. The molecule has 1 aromatic rings. The maximum atomic E-state index is 12.3. The summed E-state index contributed by atoms with van der Waals surface area (Å²) in [6, 6.07) is 9.75. The van der Waals surface area contributed by atoms with E-state index in [0.29, 0.717) is 6.61 Å². The third kappa shape index (κ3) is 2.77. The molecule has 0 saturated carbocycles. The third-order valence-corrected chi connectivity index (χ3v) is 3.35. The molecule has 1 aromatic carbocycles. The average Bonchev–Trinajstić information content (AvgIpc) is 2.40. The highest BCUT2D eigenvalue weighted by molar-refractivity contribution is 5.90. The molecular formula is C15H17NO2. The van der Waals surface area contributed by atoms with E-state index in [2.05, 4.69) is 6.07 Å². The molecule has 1 aliphatic heterocycles. The summed E-state index contributed by atoms with van der Waals surface area (Å²) in [6.07, 6.45) is 1.74. The Morgan fingerprint density at radius 2 is 2.39 bits per heavy atom. The van der Waals surface area contributed by atoms with E-state index >= 15 is 0 Å². The highest BCUT2D eigenvalue weighted by Gasteiger charge is 2.29. The first kappa shape index (κ1) is 12.8. The molecule has 0 aromatic heterocycles. The van der Waals surface area contributed by atoms with Crippen LogP contribution < -0.4 is 0 Å². The molecule has 3 nitrogen and oxygen atoms in total. The summed E-state index contributed by atoms with van der Waals surface area (Å²) >= 11 is 0. The predicted octanol–water partition coefficient (Wildman–Crippen LogP) is 2.60. The molecule has 0 amide bonds. The van der Waals surface area contributed by atoms with E-state index in [1.807, 2.05) is 31.2 Å². The number of ether oxygens (including phenoxy) is 1. The molecule has 0 N–H and O–H groups in total. The number of aryl methyl sites for hydroxylation is 1. The number of hydrogen-bond donors (Lipinski definition) is 0. The lowest BCUT2D eigenvalue weighted by Crippen LogP contribution is -2.29. The fourth-order valence-electron chi connectivity index (χ4n) is 2.35.